The Bertz CT molecular complexity index is 297. The highest BCUT2D eigenvalue weighted by molar-refractivity contribution is 5.75. The van der Waals surface area contributed by atoms with Crippen LogP contribution >= 0.6 is 0 Å². The fraction of sp³-hybridized carbons (Fsp3) is 0.917. The van der Waals surface area contributed by atoms with E-state index in [1.807, 2.05) is 6.92 Å². The molecule has 1 aliphatic heterocycles. The van der Waals surface area contributed by atoms with E-state index in [4.69, 9.17) is 0 Å². The van der Waals surface area contributed by atoms with Crippen molar-refractivity contribution < 1.29 is 22.7 Å². The van der Waals surface area contributed by atoms with Crippen molar-refractivity contribution in [2.45, 2.75) is 32.0 Å². The van der Waals surface area contributed by atoms with Gasteiger partial charge in [0, 0.05) is 13.1 Å². The smallest absolute Gasteiger partial charge is 0.393 e. The van der Waals surface area contributed by atoms with Gasteiger partial charge in [-0.25, -0.2) is 0 Å². The van der Waals surface area contributed by atoms with Crippen LogP contribution in [0.15, 0.2) is 0 Å². The Morgan fingerprint density at radius 1 is 1.53 bits per heavy atom. The van der Waals surface area contributed by atoms with Gasteiger partial charge in [-0.15, -0.1) is 0 Å². The summed E-state index contributed by atoms with van der Waals surface area (Å²) >= 11 is 0. The SMILES string of the molecule is CCNC(CN1CCCC(C(F)(F)F)C1)C(=O)OC. The highest BCUT2D eigenvalue weighted by Gasteiger charge is 2.42. The number of likely N-dealkylation sites (tertiary alicyclic amines) is 1. The predicted octanol–water partition coefficient (Wildman–Crippen LogP) is 1.41. The molecule has 2 atom stereocenters. The third kappa shape index (κ3) is 4.99. The minimum Gasteiger partial charge on any atom is -0.468 e. The van der Waals surface area contributed by atoms with Crippen molar-refractivity contribution in [1.29, 1.82) is 0 Å². The van der Waals surface area contributed by atoms with Gasteiger partial charge in [0.25, 0.3) is 0 Å². The number of hydrogen-bond donors (Lipinski definition) is 1. The maximum atomic E-state index is 12.7. The summed E-state index contributed by atoms with van der Waals surface area (Å²) in [6, 6.07) is -0.568. The Morgan fingerprint density at radius 2 is 2.21 bits per heavy atom. The van der Waals surface area contributed by atoms with Crippen LogP contribution in [0.3, 0.4) is 0 Å². The monoisotopic (exact) mass is 282 g/mol. The Hall–Kier alpha value is -0.820. The molecule has 1 rings (SSSR count). The second-order valence-electron chi connectivity index (χ2n) is 4.77. The number of carbonyl (C=O) groups is 1. The molecule has 0 saturated carbocycles. The molecule has 112 valence electrons. The molecule has 0 amide bonds. The van der Waals surface area contributed by atoms with Crippen LogP contribution in [0.2, 0.25) is 0 Å². The molecule has 0 bridgehead atoms. The number of nitrogens with zero attached hydrogens (tertiary/aromatic N) is 1. The first-order valence-electron chi connectivity index (χ1n) is 6.48. The number of hydrogen-bond acceptors (Lipinski definition) is 4. The lowest BCUT2D eigenvalue weighted by molar-refractivity contribution is -0.187. The zero-order chi connectivity index (χ0) is 14.5. The molecule has 1 aliphatic rings. The molecule has 4 nitrogen and oxygen atoms in total. The number of piperidine rings is 1. The molecule has 0 spiro atoms. The van der Waals surface area contributed by atoms with Gasteiger partial charge in [0.1, 0.15) is 6.04 Å². The van der Waals surface area contributed by atoms with Crippen LogP contribution in [-0.4, -0.2) is 56.4 Å². The zero-order valence-electron chi connectivity index (χ0n) is 11.3. The molecule has 0 aromatic heterocycles. The van der Waals surface area contributed by atoms with Gasteiger partial charge in [-0.05, 0) is 25.9 Å². The van der Waals surface area contributed by atoms with E-state index in [1.165, 1.54) is 7.11 Å². The third-order valence-corrected chi connectivity index (χ3v) is 3.35. The van der Waals surface area contributed by atoms with E-state index >= 15 is 0 Å². The van der Waals surface area contributed by atoms with Gasteiger partial charge < -0.3 is 15.0 Å². The molecule has 1 N–H and O–H groups in total. The molecule has 0 radical (unpaired) electrons. The lowest BCUT2D eigenvalue weighted by Gasteiger charge is -2.35. The van der Waals surface area contributed by atoms with E-state index in [0.717, 1.165) is 0 Å². The number of nitrogens with one attached hydrogen (secondary N) is 1. The molecule has 7 heteroatoms. The largest absolute Gasteiger partial charge is 0.468 e. The number of rotatable bonds is 5. The summed E-state index contributed by atoms with van der Waals surface area (Å²) in [6.45, 7) is 3.21. The van der Waals surface area contributed by atoms with E-state index < -0.39 is 24.1 Å². The molecule has 0 aromatic rings. The third-order valence-electron chi connectivity index (χ3n) is 3.35. The van der Waals surface area contributed by atoms with Gasteiger partial charge in [-0.1, -0.05) is 6.92 Å². The predicted molar refractivity (Wildman–Crippen MR) is 64.7 cm³/mol. The quantitative estimate of drug-likeness (QED) is 0.774. The van der Waals surface area contributed by atoms with E-state index in [-0.39, 0.29) is 19.5 Å². The van der Waals surface area contributed by atoms with Crippen molar-refractivity contribution in [2.24, 2.45) is 5.92 Å². The van der Waals surface area contributed by atoms with Gasteiger partial charge in [-0.3, -0.25) is 4.79 Å². The molecule has 0 aliphatic carbocycles. The maximum Gasteiger partial charge on any atom is 0.393 e. The highest BCUT2D eigenvalue weighted by Crippen LogP contribution is 2.33. The second-order valence-corrected chi connectivity index (χ2v) is 4.77. The summed E-state index contributed by atoms with van der Waals surface area (Å²) < 4.78 is 42.7. The number of methoxy groups -OCH3 is 1. The lowest BCUT2D eigenvalue weighted by atomic mass is 9.97. The van der Waals surface area contributed by atoms with E-state index in [0.29, 0.717) is 19.5 Å². The summed E-state index contributed by atoms with van der Waals surface area (Å²) in [7, 11) is 1.28. The van der Waals surface area contributed by atoms with Crippen LogP contribution in [0.4, 0.5) is 13.2 Å². The first-order chi connectivity index (χ1) is 8.88. The average Bonchev–Trinajstić information content (AvgIpc) is 2.36. The summed E-state index contributed by atoms with van der Waals surface area (Å²) in [5, 5.41) is 2.94. The summed E-state index contributed by atoms with van der Waals surface area (Å²) in [6.07, 6.45) is -3.48. The zero-order valence-corrected chi connectivity index (χ0v) is 11.3. The number of esters is 1. The van der Waals surface area contributed by atoms with Crippen LogP contribution in [0.1, 0.15) is 19.8 Å². The average molecular weight is 282 g/mol. The van der Waals surface area contributed by atoms with Crippen molar-refractivity contribution in [3.8, 4) is 0 Å². The lowest BCUT2D eigenvalue weighted by Crippen LogP contribution is -2.50. The van der Waals surface area contributed by atoms with Crippen molar-refractivity contribution in [3.05, 3.63) is 0 Å². The van der Waals surface area contributed by atoms with Gasteiger partial charge in [-0.2, -0.15) is 13.2 Å². The second kappa shape index (κ2) is 7.09. The molecular formula is C12H21F3N2O2. The number of carbonyl (C=O) groups excluding carboxylic acids is 1. The highest BCUT2D eigenvalue weighted by atomic mass is 19.4. The molecule has 2 unspecified atom stereocenters. The first kappa shape index (κ1) is 16.2. The Balaban J connectivity index is 2.56. The van der Waals surface area contributed by atoms with Crippen LogP contribution in [0.25, 0.3) is 0 Å². The van der Waals surface area contributed by atoms with Gasteiger partial charge in [0.15, 0.2) is 0 Å². The van der Waals surface area contributed by atoms with Crippen molar-refractivity contribution in [1.82, 2.24) is 10.2 Å². The number of halogens is 3. The minimum atomic E-state index is -4.16. The molecule has 1 saturated heterocycles. The minimum absolute atomic E-state index is 0.0393. The normalized spacial score (nSPS) is 23.1. The van der Waals surface area contributed by atoms with E-state index in [1.54, 1.807) is 4.90 Å². The fourth-order valence-electron chi connectivity index (χ4n) is 2.36. The van der Waals surface area contributed by atoms with Gasteiger partial charge in [0.05, 0.1) is 13.0 Å². The van der Waals surface area contributed by atoms with Crippen molar-refractivity contribution in [2.75, 3.05) is 33.3 Å². The fourth-order valence-corrected chi connectivity index (χ4v) is 2.36. The summed E-state index contributed by atoms with van der Waals surface area (Å²) in [5.41, 5.74) is 0. The number of alkyl halides is 3. The molecule has 0 aromatic carbocycles. The van der Waals surface area contributed by atoms with Crippen LogP contribution in [-0.2, 0) is 9.53 Å². The van der Waals surface area contributed by atoms with Crippen LogP contribution in [0, 0.1) is 5.92 Å². The number of ether oxygens (including phenoxy) is 1. The van der Waals surface area contributed by atoms with Crippen LogP contribution < -0.4 is 5.32 Å². The Kier molecular flexibility index (Phi) is 6.06. The first-order valence-corrected chi connectivity index (χ1v) is 6.48. The summed E-state index contributed by atoms with van der Waals surface area (Å²) in [4.78, 5) is 13.2. The molecule has 1 fully saturated rings. The molecule has 1 heterocycles. The topological polar surface area (TPSA) is 41.6 Å². The molecule has 19 heavy (non-hydrogen) atoms. The maximum absolute atomic E-state index is 12.7. The van der Waals surface area contributed by atoms with Gasteiger partial charge in [0.2, 0.25) is 0 Å². The van der Waals surface area contributed by atoms with Crippen LogP contribution in [0.5, 0.6) is 0 Å². The van der Waals surface area contributed by atoms with Gasteiger partial charge >= 0.3 is 12.1 Å². The Labute approximate surface area is 111 Å². The van der Waals surface area contributed by atoms with E-state index in [9.17, 15) is 18.0 Å². The Morgan fingerprint density at radius 3 is 2.74 bits per heavy atom. The van der Waals surface area contributed by atoms with E-state index in [2.05, 4.69) is 10.1 Å². The van der Waals surface area contributed by atoms with Crippen molar-refractivity contribution >= 4 is 5.97 Å². The number of likely N-dealkylation sites (N-methyl/N-ethyl adjacent to an activating group) is 1. The molecular weight excluding hydrogens is 261 g/mol. The summed E-state index contributed by atoms with van der Waals surface area (Å²) in [5.74, 6) is -1.72. The standard InChI is InChI=1S/C12H21F3N2O2/c1-3-16-10(11(18)19-2)8-17-6-4-5-9(7-17)12(13,14)15/h9-10,16H,3-8H2,1-2H3. The van der Waals surface area contributed by atoms with Crippen molar-refractivity contribution in [3.63, 3.8) is 0 Å².